The highest BCUT2D eigenvalue weighted by Gasteiger charge is 2.34. The molecular formula is C20H22N2O4. The Morgan fingerprint density at radius 2 is 1.85 bits per heavy atom. The first-order valence-corrected chi connectivity index (χ1v) is 8.33. The van der Waals surface area contributed by atoms with Gasteiger partial charge in [-0.1, -0.05) is 5.76 Å². The third kappa shape index (κ3) is 2.78. The number of likely N-dealkylation sites (N-methyl/N-ethyl adjacent to an activating group) is 1. The molecule has 0 aromatic heterocycles. The van der Waals surface area contributed by atoms with Crippen LogP contribution in [0.2, 0.25) is 0 Å². The number of carbonyl (C=O) groups excluding carboxylic acids is 1. The lowest BCUT2D eigenvalue weighted by Crippen LogP contribution is -3.09. The van der Waals surface area contributed by atoms with Crippen molar-refractivity contribution < 1.29 is 25.0 Å². The van der Waals surface area contributed by atoms with Crippen molar-refractivity contribution in [3.63, 3.8) is 0 Å². The van der Waals surface area contributed by atoms with Crippen LogP contribution in [0.3, 0.4) is 0 Å². The first-order chi connectivity index (χ1) is 12.2. The molecule has 1 aromatic carbocycles. The number of aromatic hydroxyl groups is 1. The van der Waals surface area contributed by atoms with E-state index in [1.165, 1.54) is 0 Å². The number of nitrogens with zero attached hydrogens (tertiary/aromatic N) is 1. The Balaban J connectivity index is 2.08. The number of hydrogen-bond acceptors (Lipinski definition) is 5. The Hall–Kier alpha value is -2.99. The molecule has 2 aliphatic rings. The lowest BCUT2D eigenvalue weighted by atomic mass is 9.78. The van der Waals surface area contributed by atoms with E-state index < -0.39 is 11.5 Å². The van der Waals surface area contributed by atoms with E-state index in [2.05, 4.69) is 0 Å². The average Bonchev–Trinajstić information content (AvgIpc) is 2.59. The summed E-state index contributed by atoms with van der Waals surface area (Å²) < 4.78 is 0. The van der Waals surface area contributed by atoms with Crippen molar-refractivity contribution in [1.82, 2.24) is 0 Å². The third-order valence-electron chi connectivity index (χ3n) is 4.70. The van der Waals surface area contributed by atoms with Crippen molar-refractivity contribution in [3.8, 4) is 5.75 Å². The molecule has 3 N–H and O–H groups in total. The molecule has 0 saturated heterocycles. The van der Waals surface area contributed by atoms with Crippen molar-refractivity contribution in [2.45, 2.75) is 6.04 Å². The van der Waals surface area contributed by atoms with Gasteiger partial charge in [-0.3, -0.25) is 4.79 Å². The number of anilines is 1. The number of benzene rings is 1. The molecular weight excluding hydrogens is 332 g/mol. The van der Waals surface area contributed by atoms with Crippen LogP contribution in [0.4, 0.5) is 5.69 Å². The average molecular weight is 354 g/mol. The molecule has 136 valence electrons. The summed E-state index contributed by atoms with van der Waals surface area (Å²) in [5, 5.41) is 32.9. The zero-order chi connectivity index (χ0) is 19.2. The molecule has 6 heteroatoms. The third-order valence-corrected chi connectivity index (χ3v) is 4.70. The highest BCUT2D eigenvalue weighted by atomic mass is 16.3. The molecule has 2 aliphatic carbocycles. The number of ketones is 1. The molecule has 0 fully saturated rings. The minimum Gasteiger partial charge on any atom is -0.869 e. The number of aliphatic hydroxyl groups is 1. The Kier molecular flexibility index (Phi) is 4.38. The Morgan fingerprint density at radius 3 is 2.38 bits per heavy atom. The van der Waals surface area contributed by atoms with Gasteiger partial charge in [0.25, 0.3) is 0 Å². The number of phenolic OH excluding ortho intramolecular Hbond substituents is 1. The van der Waals surface area contributed by atoms with Gasteiger partial charge in [-0.25, -0.2) is 0 Å². The number of Topliss-reactive ketones (excluding diaryl/α,β-unsaturated/α-hetero) is 1. The van der Waals surface area contributed by atoms with Crippen LogP contribution in [0.15, 0.2) is 59.1 Å². The molecule has 0 aliphatic heterocycles. The molecule has 0 heterocycles. The monoisotopic (exact) mass is 354 g/mol. The summed E-state index contributed by atoms with van der Waals surface area (Å²) in [6, 6.07) is 4.91. The van der Waals surface area contributed by atoms with Gasteiger partial charge in [-0.05, 0) is 29.9 Å². The normalized spacial score (nSPS) is 22.6. The van der Waals surface area contributed by atoms with Gasteiger partial charge in [0.2, 0.25) is 0 Å². The lowest BCUT2D eigenvalue weighted by molar-refractivity contribution is -0.871. The fourth-order valence-electron chi connectivity index (χ4n) is 3.09. The van der Waals surface area contributed by atoms with Crippen LogP contribution in [0.5, 0.6) is 5.75 Å². The summed E-state index contributed by atoms with van der Waals surface area (Å²) in [6.07, 6.45) is 5.19. The fourth-order valence-corrected chi connectivity index (χ4v) is 3.09. The van der Waals surface area contributed by atoms with E-state index in [4.69, 9.17) is 0 Å². The van der Waals surface area contributed by atoms with Crippen LogP contribution in [0.25, 0.3) is 5.57 Å². The molecule has 3 rings (SSSR count). The number of allylic oxidation sites excluding steroid dienone is 3. The SMILES string of the molecule is CN(C)c1ccc(C2=C([O-])C(=O)/C2=C2\C=CC([NH+](C)C)C=C2O)c(O)c1. The minimum atomic E-state index is -0.651. The topological polar surface area (TPSA) is 88.3 Å². The number of rotatable bonds is 3. The lowest BCUT2D eigenvalue weighted by Gasteiger charge is -2.33. The number of quaternary nitrogens is 1. The Morgan fingerprint density at radius 1 is 1.15 bits per heavy atom. The summed E-state index contributed by atoms with van der Waals surface area (Å²) >= 11 is 0. The van der Waals surface area contributed by atoms with E-state index in [0.717, 1.165) is 10.6 Å². The minimum absolute atomic E-state index is 0.0125. The molecule has 0 spiro atoms. The largest absolute Gasteiger partial charge is 0.869 e. The molecule has 1 atom stereocenters. The molecule has 1 unspecified atom stereocenters. The van der Waals surface area contributed by atoms with E-state index in [9.17, 15) is 20.1 Å². The van der Waals surface area contributed by atoms with Gasteiger partial charge in [-0.15, -0.1) is 0 Å². The van der Waals surface area contributed by atoms with Gasteiger partial charge >= 0.3 is 0 Å². The number of phenols is 1. The van der Waals surface area contributed by atoms with Crippen molar-refractivity contribution in [1.29, 1.82) is 0 Å². The van der Waals surface area contributed by atoms with Gasteiger partial charge in [0, 0.05) is 48.6 Å². The van der Waals surface area contributed by atoms with Gasteiger partial charge in [-0.2, -0.15) is 0 Å². The molecule has 26 heavy (non-hydrogen) atoms. The van der Waals surface area contributed by atoms with Crippen LogP contribution in [0.1, 0.15) is 5.56 Å². The van der Waals surface area contributed by atoms with Crippen LogP contribution >= 0.6 is 0 Å². The second-order valence-electron chi connectivity index (χ2n) is 6.93. The Labute approximate surface area is 152 Å². The van der Waals surface area contributed by atoms with E-state index in [-0.39, 0.29) is 28.7 Å². The highest BCUT2D eigenvalue weighted by molar-refractivity contribution is 6.31. The van der Waals surface area contributed by atoms with Crippen molar-refractivity contribution in [3.05, 3.63) is 64.7 Å². The van der Waals surface area contributed by atoms with Crippen molar-refractivity contribution >= 4 is 17.0 Å². The number of hydrogen-bond donors (Lipinski definition) is 3. The van der Waals surface area contributed by atoms with Crippen molar-refractivity contribution in [2.24, 2.45) is 0 Å². The van der Waals surface area contributed by atoms with Gasteiger partial charge < -0.3 is 25.1 Å². The van der Waals surface area contributed by atoms with Gasteiger partial charge in [0.1, 0.15) is 17.6 Å². The van der Waals surface area contributed by atoms with E-state index in [0.29, 0.717) is 11.1 Å². The maximum Gasteiger partial charge on any atom is 0.180 e. The van der Waals surface area contributed by atoms with E-state index in [1.807, 2.05) is 39.2 Å². The molecule has 0 radical (unpaired) electrons. The van der Waals surface area contributed by atoms with Gasteiger partial charge in [0.05, 0.1) is 14.1 Å². The summed E-state index contributed by atoms with van der Waals surface area (Å²) in [6.45, 7) is 0. The second kappa shape index (κ2) is 6.38. The molecule has 0 amide bonds. The first kappa shape index (κ1) is 17.8. The fraction of sp³-hybridized carbons (Fsp3) is 0.250. The van der Waals surface area contributed by atoms with Crippen LogP contribution < -0.4 is 14.9 Å². The maximum absolute atomic E-state index is 12.2. The smallest absolute Gasteiger partial charge is 0.180 e. The summed E-state index contributed by atoms with van der Waals surface area (Å²) in [7, 11) is 7.59. The predicted octanol–water partition coefficient (Wildman–Crippen LogP) is -0.0663. The predicted molar refractivity (Wildman–Crippen MR) is 97.8 cm³/mol. The Bertz CT molecular complexity index is 904. The zero-order valence-corrected chi connectivity index (χ0v) is 15.2. The number of nitrogens with one attached hydrogen (secondary N) is 1. The molecule has 1 aromatic rings. The standard InChI is InChI=1S/C20H22N2O4/c1-21(2)11-5-7-13(15(23)9-11)17-18(20(26)19(17)25)14-8-6-12(22(3)4)10-16(14)24/h5-11,23-24,26H,1-4H3/b17-13+. The second-order valence-corrected chi connectivity index (χ2v) is 6.93. The van der Waals surface area contributed by atoms with Crippen LogP contribution in [-0.2, 0) is 4.79 Å². The zero-order valence-electron chi connectivity index (χ0n) is 15.2. The van der Waals surface area contributed by atoms with Gasteiger partial charge in [0.15, 0.2) is 5.78 Å². The van der Waals surface area contributed by atoms with Crippen LogP contribution in [0, 0.1) is 0 Å². The maximum atomic E-state index is 12.2. The number of carbonyl (C=O) groups is 1. The summed E-state index contributed by atoms with van der Waals surface area (Å²) in [5.74, 6) is -1.41. The highest BCUT2D eigenvalue weighted by Crippen LogP contribution is 2.43. The van der Waals surface area contributed by atoms with E-state index in [1.54, 1.807) is 30.4 Å². The molecule has 0 bridgehead atoms. The number of aliphatic hydroxyl groups excluding tert-OH is 1. The van der Waals surface area contributed by atoms with Crippen molar-refractivity contribution in [2.75, 3.05) is 33.1 Å². The summed E-state index contributed by atoms with van der Waals surface area (Å²) in [4.78, 5) is 15.1. The first-order valence-electron chi connectivity index (χ1n) is 8.33. The van der Waals surface area contributed by atoms with E-state index >= 15 is 0 Å². The van der Waals surface area contributed by atoms with Crippen LogP contribution in [-0.4, -0.2) is 50.2 Å². The molecule has 6 nitrogen and oxygen atoms in total. The quantitative estimate of drug-likeness (QED) is 0.662. The summed E-state index contributed by atoms with van der Waals surface area (Å²) in [5.41, 5.74) is 1.69. The molecule has 0 saturated carbocycles.